The van der Waals surface area contributed by atoms with E-state index in [1.54, 1.807) is 7.11 Å². The zero-order chi connectivity index (χ0) is 19.5. The number of aromatic hydroxyl groups is 1. The molecule has 1 N–H and O–H groups in total. The summed E-state index contributed by atoms with van der Waals surface area (Å²) in [6, 6.07) is 14.4. The number of phenols is 1. The highest BCUT2D eigenvalue weighted by Crippen LogP contribution is 2.64. The third-order valence-corrected chi connectivity index (χ3v) is 7.97. The fourth-order valence-corrected chi connectivity index (χ4v) is 6.64. The van der Waals surface area contributed by atoms with Crippen LogP contribution in [0, 0.1) is 17.3 Å². The highest BCUT2D eigenvalue weighted by Gasteiger charge is 2.57. The number of hydrogen-bond donors (Lipinski definition) is 1. The lowest BCUT2D eigenvalue weighted by molar-refractivity contribution is -0.130. The normalized spacial score (nSPS) is 33.7. The Labute approximate surface area is 166 Å². The summed E-state index contributed by atoms with van der Waals surface area (Å²) in [5.41, 5.74) is 3.78. The minimum atomic E-state index is -0.194. The Balaban J connectivity index is 1.64. The van der Waals surface area contributed by atoms with E-state index in [9.17, 15) is 9.90 Å². The van der Waals surface area contributed by atoms with E-state index in [1.165, 1.54) is 16.7 Å². The van der Waals surface area contributed by atoms with Gasteiger partial charge in [-0.05, 0) is 90.3 Å². The molecule has 0 aliphatic heterocycles. The van der Waals surface area contributed by atoms with Crippen molar-refractivity contribution in [3.63, 3.8) is 0 Å². The van der Waals surface area contributed by atoms with Crippen LogP contribution in [0.1, 0.15) is 61.1 Å². The molecule has 0 spiro atoms. The highest BCUT2D eigenvalue weighted by atomic mass is 16.5. The summed E-state index contributed by atoms with van der Waals surface area (Å²) >= 11 is 0. The van der Waals surface area contributed by atoms with Gasteiger partial charge in [0.2, 0.25) is 0 Å². The van der Waals surface area contributed by atoms with Crippen molar-refractivity contribution in [2.45, 2.75) is 50.9 Å². The summed E-state index contributed by atoms with van der Waals surface area (Å²) in [4.78, 5) is 12.9. The predicted molar refractivity (Wildman–Crippen MR) is 109 cm³/mol. The SMILES string of the molecule is COc1ccc([C@H]2C[C@]3(C)C(=O)CCC3C3CCc4cc(O)ccc4C32)cc1. The number of ketones is 1. The van der Waals surface area contributed by atoms with Gasteiger partial charge in [-0.15, -0.1) is 0 Å². The van der Waals surface area contributed by atoms with Gasteiger partial charge >= 0.3 is 0 Å². The molecule has 0 bridgehead atoms. The summed E-state index contributed by atoms with van der Waals surface area (Å²) in [6.07, 6.45) is 4.81. The first-order valence-electron chi connectivity index (χ1n) is 10.5. The molecule has 2 fully saturated rings. The van der Waals surface area contributed by atoms with E-state index in [0.29, 0.717) is 35.2 Å². The summed E-state index contributed by atoms with van der Waals surface area (Å²) in [5.74, 6) is 3.45. The fraction of sp³-hybridized carbons (Fsp3) is 0.480. The van der Waals surface area contributed by atoms with Gasteiger partial charge in [-0.3, -0.25) is 4.79 Å². The molecule has 0 amide bonds. The maximum atomic E-state index is 12.9. The van der Waals surface area contributed by atoms with Crippen LogP contribution in [0.25, 0.3) is 0 Å². The summed E-state index contributed by atoms with van der Waals surface area (Å²) < 4.78 is 5.36. The molecule has 2 saturated carbocycles. The van der Waals surface area contributed by atoms with E-state index in [-0.39, 0.29) is 5.41 Å². The molecule has 0 aromatic heterocycles. The average molecular weight is 376 g/mol. The molecule has 28 heavy (non-hydrogen) atoms. The molecule has 3 unspecified atom stereocenters. The van der Waals surface area contributed by atoms with E-state index in [4.69, 9.17) is 4.74 Å². The maximum absolute atomic E-state index is 12.9. The third-order valence-electron chi connectivity index (χ3n) is 7.97. The summed E-state index contributed by atoms with van der Waals surface area (Å²) in [6.45, 7) is 2.23. The zero-order valence-electron chi connectivity index (χ0n) is 16.7. The van der Waals surface area contributed by atoms with Gasteiger partial charge in [0.25, 0.3) is 0 Å². The predicted octanol–water partition coefficient (Wildman–Crippen LogP) is 5.22. The van der Waals surface area contributed by atoms with Crippen molar-refractivity contribution in [1.29, 1.82) is 0 Å². The smallest absolute Gasteiger partial charge is 0.139 e. The van der Waals surface area contributed by atoms with Crippen molar-refractivity contribution in [2.75, 3.05) is 7.11 Å². The fourth-order valence-electron chi connectivity index (χ4n) is 6.64. The lowest BCUT2D eigenvalue weighted by Gasteiger charge is -2.52. The zero-order valence-corrected chi connectivity index (χ0v) is 16.7. The number of aryl methyl sites for hydroxylation is 1. The van der Waals surface area contributed by atoms with Crippen LogP contribution in [0.2, 0.25) is 0 Å². The number of Topliss-reactive ketones (excluding diaryl/α,β-unsaturated/α-hetero) is 1. The molecule has 2 aromatic carbocycles. The standard InChI is InChI=1S/C25H28O3/c1-25-14-21(15-3-7-18(28-2)8-4-15)24-19-10-6-17(26)13-16(19)5-9-20(24)22(25)11-12-23(25)27/h3-4,6-8,10,13,20-22,24,26H,5,9,11-12,14H2,1-2H3/t20?,21-,22?,24?,25+/m1/s1. The van der Waals surface area contributed by atoms with Crippen LogP contribution in [0.15, 0.2) is 42.5 Å². The molecule has 3 aliphatic carbocycles. The second-order valence-corrected chi connectivity index (χ2v) is 9.18. The largest absolute Gasteiger partial charge is 0.508 e. The molecule has 0 heterocycles. The van der Waals surface area contributed by atoms with Gasteiger partial charge in [0, 0.05) is 11.8 Å². The van der Waals surface area contributed by atoms with Crippen molar-refractivity contribution < 1.29 is 14.6 Å². The quantitative estimate of drug-likeness (QED) is 0.782. The lowest BCUT2D eigenvalue weighted by Crippen LogP contribution is -2.45. The van der Waals surface area contributed by atoms with Crippen molar-refractivity contribution in [3.05, 3.63) is 59.2 Å². The highest BCUT2D eigenvalue weighted by molar-refractivity contribution is 5.87. The number of ether oxygens (including phenoxy) is 1. The molecule has 0 saturated heterocycles. The topological polar surface area (TPSA) is 46.5 Å². The monoisotopic (exact) mass is 376 g/mol. The minimum absolute atomic E-state index is 0.194. The molecular weight excluding hydrogens is 348 g/mol. The molecule has 5 rings (SSSR count). The van der Waals surface area contributed by atoms with Crippen molar-refractivity contribution in [1.82, 2.24) is 0 Å². The molecule has 146 valence electrons. The Bertz CT molecular complexity index is 916. The van der Waals surface area contributed by atoms with Gasteiger partial charge in [0.05, 0.1) is 7.11 Å². The van der Waals surface area contributed by atoms with Crippen LogP contribution >= 0.6 is 0 Å². The molecule has 2 aromatic rings. The Kier molecular flexibility index (Phi) is 4.04. The van der Waals surface area contributed by atoms with E-state index in [1.807, 2.05) is 24.3 Å². The molecular formula is C25H28O3. The Morgan fingerprint density at radius 3 is 2.61 bits per heavy atom. The average Bonchev–Trinajstić information content (AvgIpc) is 3.01. The molecule has 3 nitrogen and oxygen atoms in total. The van der Waals surface area contributed by atoms with Gasteiger partial charge < -0.3 is 9.84 Å². The number of phenolic OH excluding ortho intramolecular Hbond substituents is 1. The maximum Gasteiger partial charge on any atom is 0.139 e. The van der Waals surface area contributed by atoms with E-state index in [0.717, 1.165) is 37.9 Å². The second kappa shape index (κ2) is 6.37. The molecule has 3 aliphatic rings. The van der Waals surface area contributed by atoms with Gasteiger partial charge in [-0.2, -0.15) is 0 Å². The first-order valence-corrected chi connectivity index (χ1v) is 10.5. The minimum Gasteiger partial charge on any atom is -0.508 e. The van der Waals surface area contributed by atoms with Gasteiger partial charge in [-0.25, -0.2) is 0 Å². The Morgan fingerprint density at radius 2 is 1.86 bits per heavy atom. The van der Waals surface area contributed by atoms with Crippen LogP contribution in [-0.4, -0.2) is 18.0 Å². The summed E-state index contributed by atoms with van der Waals surface area (Å²) in [5, 5.41) is 9.99. The Hall–Kier alpha value is -2.29. The molecule has 0 radical (unpaired) electrons. The molecule has 5 atom stereocenters. The van der Waals surface area contributed by atoms with Gasteiger partial charge in [0.15, 0.2) is 0 Å². The van der Waals surface area contributed by atoms with Gasteiger partial charge in [-0.1, -0.05) is 25.1 Å². The van der Waals surface area contributed by atoms with Crippen molar-refractivity contribution >= 4 is 5.78 Å². The van der Waals surface area contributed by atoms with E-state index >= 15 is 0 Å². The van der Waals surface area contributed by atoms with E-state index in [2.05, 4.69) is 25.1 Å². The van der Waals surface area contributed by atoms with Crippen LogP contribution in [0.3, 0.4) is 0 Å². The number of carbonyl (C=O) groups is 1. The number of hydrogen-bond acceptors (Lipinski definition) is 3. The lowest BCUT2D eigenvalue weighted by atomic mass is 9.51. The number of benzene rings is 2. The first-order chi connectivity index (χ1) is 13.5. The first kappa shape index (κ1) is 17.8. The van der Waals surface area contributed by atoms with Crippen molar-refractivity contribution in [3.8, 4) is 11.5 Å². The van der Waals surface area contributed by atoms with Crippen LogP contribution in [-0.2, 0) is 11.2 Å². The van der Waals surface area contributed by atoms with Crippen LogP contribution in [0.5, 0.6) is 11.5 Å². The second-order valence-electron chi connectivity index (χ2n) is 9.18. The Morgan fingerprint density at radius 1 is 1.07 bits per heavy atom. The van der Waals surface area contributed by atoms with Crippen LogP contribution < -0.4 is 4.74 Å². The van der Waals surface area contributed by atoms with Crippen molar-refractivity contribution in [2.24, 2.45) is 17.3 Å². The number of carbonyl (C=O) groups excluding carboxylic acids is 1. The number of rotatable bonds is 2. The van der Waals surface area contributed by atoms with Gasteiger partial charge in [0.1, 0.15) is 17.3 Å². The third kappa shape index (κ3) is 2.52. The van der Waals surface area contributed by atoms with Crippen LogP contribution in [0.4, 0.5) is 0 Å². The number of fused-ring (bicyclic) bond motifs is 5. The summed E-state index contributed by atoms with van der Waals surface area (Å²) in [7, 11) is 1.69. The van der Waals surface area contributed by atoms with E-state index < -0.39 is 0 Å². The molecule has 3 heteroatoms. The number of methoxy groups -OCH3 is 1.